The minimum Gasteiger partial charge on any atom is -0.357 e. The minimum absolute atomic E-state index is 0.0856. The van der Waals surface area contributed by atoms with Crippen molar-refractivity contribution in [2.45, 2.75) is 25.1 Å². The maximum atomic E-state index is 13.5. The summed E-state index contributed by atoms with van der Waals surface area (Å²) >= 11 is 0. The number of fused-ring (bicyclic) bond motifs is 4. The molecule has 2 aliphatic rings. The van der Waals surface area contributed by atoms with E-state index in [9.17, 15) is 22.8 Å². The first-order chi connectivity index (χ1) is 15.3. The zero-order valence-corrected chi connectivity index (χ0v) is 16.9. The van der Waals surface area contributed by atoms with Crippen LogP contribution in [0.4, 0.5) is 30.6 Å². The summed E-state index contributed by atoms with van der Waals surface area (Å²) in [5.41, 5.74) is -2.05. The van der Waals surface area contributed by atoms with Crippen molar-refractivity contribution in [1.29, 1.82) is 0 Å². The van der Waals surface area contributed by atoms with Crippen molar-refractivity contribution in [2.24, 2.45) is 0 Å². The van der Waals surface area contributed by atoms with Gasteiger partial charge in [-0.1, -0.05) is 0 Å². The number of amides is 1. The molecule has 1 N–H and O–H groups in total. The monoisotopic (exact) mass is 445 g/mol. The van der Waals surface area contributed by atoms with Gasteiger partial charge in [0.25, 0.3) is 11.5 Å². The van der Waals surface area contributed by atoms with Crippen LogP contribution in [-0.2, 0) is 6.18 Å². The van der Waals surface area contributed by atoms with E-state index in [1.165, 1.54) is 29.4 Å². The molecule has 9 nitrogen and oxygen atoms in total. The molecule has 3 aromatic rings. The predicted octanol–water partition coefficient (Wildman–Crippen LogP) is 2.17. The van der Waals surface area contributed by atoms with E-state index >= 15 is 0 Å². The Balaban J connectivity index is 1.71. The molecule has 1 saturated heterocycles. The Labute approximate surface area is 179 Å². The first-order valence-electron chi connectivity index (χ1n) is 10.0. The van der Waals surface area contributed by atoms with Gasteiger partial charge in [-0.25, -0.2) is 9.97 Å². The van der Waals surface area contributed by atoms with Crippen LogP contribution < -0.4 is 20.7 Å². The lowest BCUT2D eigenvalue weighted by Crippen LogP contribution is -2.40. The third kappa shape index (κ3) is 3.13. The summed E-state index contributed by atoms with van der Waals surface area (Å²) < 4.78 is 41.0. The molecule has 1 fully saturated rings. The fraction of sp³-hybridized carbons (Fsp3) is 0.350. The van der Waals surface area contributed by atoms with Gasteiger partial charge < -0.3 is 15.1 Å². The molecule has 5 rings (SSSR count). The number of alkyl halides is 3. The highest BCUT2D eigenvalue weighted by Crippen LogP contribution is 2.35. The molecular formula is C20H18F3N7O2. The zero-order chi connectivity index (χ0) is 22.6. The summed E-state index contributed by atoms with van der Waals surface area (Å²) in [6, 6.07) is 3.36. The Bertz CT molecular complexity index is 1290. The average molecular weight is 445 g/mol. The third-order valence-corrected chi connectivity index (χ3v) is 5.76. The van der Waals surface area contributed by atoms with Gasteiger partial charge in [-0.15, -0.1) is 0 Å². The van der Waals surface area contributed by atoms with Crippen molar-refractivity contribution in [2.75, 3.05) is 35.3 Å². The molecule has 0 bridgehead atoms. The molecule has 0 aromatic carbocycles. The summed E-state index contributed by atoms with van der Waals surface area (Å²) in [6.07, 6.45) is -0.384. The Morgan fingerprint density at radius 1 is 1.22 bits per heavy atom. The van der Waals surface area contributed by atoms with Gasteiger partial charge in [-0.05, 0) is 25.0 Å². The number of carbonyl (C=O) groups is 1. The van der Waals surface area contributed by atoms with E-state index in [-0.39, 0.29) is 29.5 Å². The summed E-state index contributed by atoms with van der Waals surface area (Å²) in [4.78, 5) is 41.6. The van der Waals surface area contributed by atoms with Crippen molar-refractivity contribution < 1.29 is 18.0 Å². The van der Waals surface area contributed by atoms with Gasteiger partial charge in [0, 0.05) is 44.6 Å². The van der Waals surface area contributed by atoms with Crippen LogP contribution in [-0.4, -0.2) is 51.4 Å². The van der Waals surface area contributed by atoms with Gasteiger partial charge in [0.1, 0.15) is 11.4 Å². The quantitative estimate of drug-likeness (QED) is 0.646. The minimum atomic E-state index is -4.80. The second-order valence-electron chi connectivity index (χ2n) is 7.65. The van der Waals surface area contributed by atoms with E-state index < -0.39 is 23.3 Å². The smallest absolute Gasteiger partial charge is 0.357 e. The van der Waals surface area contributed by atoms with Crippen molar-refractivity contribution in [1.82, 2.24) is 19.4 Å². The number of anilines is 3. The van der Waals surface area contributed by atoms with E-state index in [1.54, 1.807) is 7.05 Å². The van der Waals surface area contributed by atoms with Crippen LogP contribution in [0.3, 0.4) is 0 Å². The highest BCUT2D eigenvalue weighted by Gasteiger charge is 2.39. The number of pyridine rings is 1. The van der Waals surface area contributed by atoms with Crippen molar-refractivity contribution in [3.05, 3.63) is 52.2 Å². The highest BCUT2D eigenvalue weighted by molar-refractivity contribution is 6.11. The molecule has 166 valence electrons. The molecule has 0 unspecified atom stereocenters. The number of carbonyl (C=O) groups excluding carboxylic acids is 1. The first-order valence-corrected chi connectivity index (χ1v) is 10.0. The predicted molar refractivity (Wildman–Crippen MR) is 110 cm³/mol. The number of aromatic nitrogens is 4. The fourth-order valence-corrected chi connectivity index (χ4v) is 4.28. The van der Waals surface area contributed by atoms with Gasteiger partial charge in [0.2, 0.25) is 5.95 Å². The highest BCUT2D eigenvalue weighted by atomic mass is 19.4. The van der Waals surface area contributed by atoms with E-state index in [2.05, 4.69) is 20.3 Å². The van der Waals surface area contributed by atoms with Gasteiger partial charge in [-0.2, -0.15) is 18.2 Å². The largest absolute Gasteiger partial charge is 0.433 e. The van der Waals surface area contributed by atoms with Gasteiger partial charge in [-0.3, -0.25) is 14.0 Å². The third-order valence-electron chi connectivity index (χ3n) is 5.76. The summed E-state index contributed by atoms with van der Waals surface area (Å²) in [6.45, 7) is 0.917. The van der Waals surface area contributed by atoms with Crippen LogP contribution in [0, 0.1) is 0 Å². The molecular weight excluding hydrogens is 427 g/mol. The molecule has 3 aromatic heterocycles. The van der Waals surface area contributed by atoms with E-state index in [0.29, 0.717) is 24.4 Å². The number of hydrogen-bond acceptors (Lipinski definition) is 7. The first kappa shape index (κ1) is 20.2. The standard InChI is InChI=1S/C20H18F3N7O2/c1-24-19-25-9-12-16(27-19)28-6-2-4-11(28)10-30(18(12)32)13-5-3-7-29-15(31)8-14(20(21,22)23)26-17(13)29/h3,5,7-9,11H,2,4,6,10H2,1H3,(H,24,25,27)/t11-/m0/s1. The fourth-order valence-electron chi connectivity index (χ4n) is 4.28. The van der Waals surface area contributed by atoms with Crippen LogP contribution in [0.5, 0.6) is 0 Å². The molecule has 1 atom stereocenters. The molecule has 0 radical (unpaired) electrons. The summed E-state index contributed by atoms with van der Waals surface area (Å²) in [5, 5.41) is 2.86. The van der Waals surface area contributed by atoms with E-state index in [1.807, 2.05) is 4.90 Å². The maximum absolute atomic E-state index is 13.5. The number of hydrogen-bond donors (Lipinski definition) is 1. The zero-order valence-electron chi connectivity index (χ0n) is 16.9. The molecule has 0 aliphatic carbocycles. The lowest BCUT2D eigenvalue weighted by molar-refractivity contribution is -0.141. The second kappa shape index (κ2) is 7.18. The summed E-state index contributed by atoms with van der Waals surface area (Å²) in [5.74, 6) is 0.390. The lowest BCUT2D eigenvalue weighted by Gasteiger charge is -2.27. The number of rotatable bonds is 2. The van der Waals surface area contributed by atoms with Crippen molar-refractivity contribution in [3.63, 3.8) is 0 Å². The molecule has 0 saturated carbocycles. The normalized spacial score (nSPS) is 18.5. The van der Waals surface area contributed by atoms with Crippen LogP contribution in [0.15, 0.2) is 35.4 Å². The second-order valence-corrected chi connectivity index (χ2v) is 7.65. The number of nitrogens with zero attached hydrogens (tertiary/aromatic N) is 6. The van der Waals surface area contributed by atoms with Crippen LogP contribution in [0.25, 0.3) is 5.65 Å². The lowest BCUT2D eigenvalue weighted by atomic mass is 10.2. The van der Waals surface area contributed by atoms with Crippen LogP contribution >= 0.6 is 0 Å². The molecule has 2 aliphatic heterocycles. The van der Waals surface area contributed by atoms with Crippen LogP contribution in [0.2, 0.25) is 0 Å². The average Bonchev–Trinajstić information content (AvgIpc) is 3.20. The summed E-state index contributed by atoms with van der Waals surface area (Å²) in [7, 11) is 1.67. The molecule has 32 heavy (non-hydrogen) atoms. The number of nitrogens with one attached hydrogen (secondary N) is 1. The van der Waals surface area contributed by atoms with Crippen molar-refractivity contribution >= 4 is 29.0 Å². The van der Waals surface area contributed by atoms with Gasteiger partial charge >= 0.3 is 6.18 Å². The Morgan fingerprint density at radius 2 is 2.03 bits per heavy atom. The Kier molecular flexibility index (Phi) is 4.53. The molecule has 1 amide bonds. The van der Waals surface area contributed by atoms with Gasteiger partial charge in [0.15, 0.2) is 11.3 Å². The topological polar surface area (TPSA) is 95.7 Å². The molecule has 0 spiro atoms. The Morgan fingerprint density at radius 3 is 2.78 bits per heavy atom. The number of halogens is 3. The van der Waals surface area contributed by atoms with E-state index in [4.69, 9.17) is 0 Å². The Hall–Kier alpha value is -3.70. The van der Waals surface area contributed by atoms with Crippen molar-refractivity contribution in [3.8, 4) is 0 Å². The maximum Gasteiger partial charge on any atom is 0.433 e. The SMILES string of the molecule is CNc1ncc2c(n1)N1CCC[C@H]1CN(c1cccn3c(=O)cc(C(F)(F)F)nc13)C2=O. The van der Waals surface area contributed by atoms with E-state index in [0.717, 1.165) is 17.2 Å². The molecule has 5 heterocycles. The molecule has 12 heteroatoms. The van der Waals surface area contributed by atoms with Crippen LogP contribution in [0.1, 0.15) is 28.9 Å². The van der Waals surface area contributed by atoms with Gasteiger partial charge in [0.05, 0.1) is 5.69 Å².